The van der Waals surface area contributed by atoms with Gasteiger partial charge in [0.25, 0.3) is 5.91 Å². The number of pyridine rings is 1. The number of rotatable bonds is 8. The highest BCUT2D eigenvalue weighted by Crippen LogP contribution is 2.32. The van der Waals surface area contributed by atoms with Gasteiger partial charge in [-0.15, -0.1) is 0 Å². The van der Waals surface area contributed by atoms with Crippen LogP contribution in [0.3, 0.4) is 0 Å². The molecule has 2 fully saturated rings. The third-order valence-corrected chi connectivity index (χ3v) is 8.42. The first-order valence-electron chi connectivity index (χ1n) is 14.2. The summed E-state index contributed by atoms with van der Waals surface area (Å²) < 4.78 is 11.3. The van der Waals surface area contributed by atoms with E-state index in [-0.39, 0.29) is 35.7 Å². The number of anilines is 2. The van der Waals surface area contributed by atoms with Crippen LogP contribution in [0, 0.1) is 5.41 Å². The summed E-state index contributed by atoms with van der Waals surface area (Å²) >= 11 is 12.3. The van der Waals surface area contributed by atoms with Gasteiger partial charge in [-0.3, -0.25) is 10.2 Å². The molecule has 222 valence electrons. The number of hydrogen-bond donors (Lipinski definition) is 4. The number of amides is 1. The van der Waals surface area contributed by atoms with Gasteiger partial charge in [0.05, 0.1) is 11.3 Å². The largest absolute Gasteiger partial charge is 0.473 e. The molecule has 2 saturated heterocycles. The van der Waals surface area contributed by atoms with Crippen molar-refractivity contribution >= 4 is 46.3 Å². The molecule has 5 N–H and O–H groups in total. The summed E-state index contributed by atoms with van der Waals surface area (Å²) in [5, 5.41) is 16.0. The maximum Gasteiger partial charge on any atom is 0.258 e. The molecule has 0 aliphatic carbocycles. The van der Waals surface area contributed by atoms with Crippen molar-refractivity contribution in [2.45, 2.75) is 44.2 Å². The van der Waals surface area contributed by atoms with E-state index < -0.39 is 5.91 Å². The van der Waals surface area contributed by atoms with E-state index >= 15 is 0 Å². The molecule has 5 rings (SSSR count). The highest BCUT2D eigenvalue weighted by atomic mass is 35.5. The van der Waals surface area contributed by atoms with Crippen LogP contribution in [0.1, 0.15) is 58.8 Å². The molecule has 0 spiro atoms. The Morgan fingerprint density at radius 3 is 2.62 bits per heavy atom. The molecule has 2 aliphatic heterocycles. The van der Waals surface area contributed by atoms with E-state index in [0.717, 1.165) is 44.5 Å². The van der Waals surface area contributed by atoms with Crippen molar-refractivity contribution < 1.29 is 14.3 Å². The van der Waals surface area contributed by atoms with Crippen LogP contribution < -0.4 is 21.1 Å². The molecule has 0 bridgehead atoms. The van der Waals surface area contributed by atoms with Gasteiger partial charge in [-0.05, 0) is 93.7 Å². The predicted molar refractivity (Wildman–Crippen MR) is 167 cm³/mol. The van der Waals surface area contributed by atoms with Crippen LogP contribution in [0.2, 0.25) is 10.0 Å². The van der Waals surface area contributed by atoms with Gasteiger partial charge in [-0.2, -0.15) is 0 Å². The van der Waals surface area contributed by atoms with E-state index in [1.54, 1.807) is 30.3 Å². The Morgan fingerprint density at radius 2 is 1.86 bits per heavy atom. The van der Waals surface area contributed by atoms with Gasteiger partial charge in [0.15, 0.2) is 5.84 Å². The summed E-state index contributed by atoms with van der Waals surface area (Å²) in [6.45, 7) is 3.60. The lowest BCUT2D eigenvalue weighted by molar-refractivity contribution is 0.0904. The highest BCUT2D eigenvalue weighted by molar-refractivity contribution is 6.33. The number of piperidine rings is 1. The van der Waals surface area contributed by atoms with Crippen molar-refractivity contribution in [3.63, 3.8) is 0 Å². The molecule has 0 radical (unpaired) electrons. The Balaban J connectivity index is 1.32. The highest BCUT2D eigenvalue weighted by Gasteiger charge is 2.24. The van der Waals surface area contributed by atoms with Crippen LogP contribution in [0.25, 0.3) is 0 Å². The monoisotopic (exact) mass is 610 g/mol. The minimum atomic E-state index is -0.414. The topological polar surface area (TPSA) is 126 Å². The maximum absolute atomic E-state index is 13.5. The molecular formula is C31H36Cl2N6O3. The van der Waals surface area contributed by atoms with Crippen LogP contribution in [0.4, 0.5) is 11.4 Å². The summed E-state index contributed by atoms with van der Waals surface area (Å²) in [6, 6.07) is 14.5. The van der Waals surface area contributed by atoms with Gasteiger partial charge >= 0.3 is 0 Å². The summed E-state index contributed by atoms with van der Waals surface area (Å²) in [6.07, 6.45) is 3.89. The van der Waals surface area contributed by atoms with Crippen molar-refractivity contribution in [2.24, 2.45) is 0 Å². The van der Waals surface area contributed by atoms with E-state index in [0.29, 0.717) is 40.3 Å². The Bertz CT molecular complexity index is 1440. The number of ether oxygens (including phenoxy) is 2. The third kappa shape index (κ3) is 7.52. The zero-order valence-electron chi connectivity index (χ0n) is 23.6. The average Bonchev–Trinajstić information content (AvgIpc) is 2.99. The molecule has 0 saturated carbocycles. The number of nitrogens with one attached hydrogen (secondary N) is 3. The van der Waals surface area contributed by atoms with Crippen LogP contribution in [0.15, 0.2) is 48.5 Å². The normalized spacial score (nSPS) is 16.6. The number of nitrogen functional groups attached to an aromatic ring is 1. The second-order valence-electron chi connectivity index (χ2n) is 10.9. The van der Waals surface area contributed by atoms with E-state index in [1.807, 2.05) is 12.1 Å². The Kier molecular flexibility index (Phi) is 9.84. The number of carbonyl (C=O) groups excluding carboxylic acids is 1. The number of benzene rings is 2. The molecule has 3 heterocycles. The quantitative estimate of drug-likeness (QED) is 0.190. The van der Waals surface area contributed by atoms with E-state index in [4.69, 9.17) is 43.8 Å². The van der Waals surface area contributed by atoms with Gasteiger partial charge in [-0.25, -0.2) is 4.98 Å². The summed E-state index contributed by atoms with van der Waals surface area (Å²) in [5.74, 6) is 0.0434. The molecule has 3 aromatic rings. The Labute approximate surface area is 256 Å². The molecule has 11 heteroatoms. The van der Waals surface area contributed by atoms with Crippen molar-refractivity contribution in [1.82, 2.24) is 15.2 Å². The SMILES string of the molecule is CN1CCC(c2ccc(C(=O)NC(=N)c3nc(OCc4cc(Cl)ccc4Cl)ccc3N)c(NC3CCOCC3)c2)CC1. The van der Waals surface area contributed by atoms with Crippen LogP contribution in [0.5, 0.6) is 5.88 Å². The average molecular weight is 612 g/mol. The number of amidine groups is 1. The molecule has 0 atom stereocenters. The van der Waals surface area contributed by atoms with E-state index in [2.05, 4.69) is 33.6 Å². The Morgan fingerprint density at radius 1 is 1.10 bits per heavy atom. The van der Waals surface area contributed by atoms with Gasteiger partial charge < -0.3 is 30.7 Å². The first-order valence-corrected chi connectivity index (χ1v) is 14.9. The van der Waals surface area contributed by atoms with Gasteiger partial charge in [0, 0.05) is 46.6 Å². The van der Waals surface area contributed by atoms with Crippen LogP contribution in [-0.2, 0) is 11.3 Å². The number of halogens is 2. The van der Waals surface area contributed by atoms with Crippen molar-refractivity contribution in [3.8, 4) is 5.88 Å². The molecule has 9 nitrogen and oxygen atoms in total. The number of nitrogens with two attached hydrogens (primary N) is 1. The first-order chi connectivity index (χ1) is 20.3. The Hall–Kier alpha value is -3.37. The zero-order chi connectivity index (χ0) is 29.6. The fraction of sp³-hybridized carbons (Fsp3) is 0.387. The second-order valence-corrected chi connectivity index (χ2v) is 11.7. The molecule has 2 aromatic carbocycles. The van der Waals surface area contributed by atoms with Gasteiger partial charge in [0.2, 0.25) is 5.88 Å². The van der Waals surface area contributed by atoms with Gasteiger partial charge in [-0.1, -0.05) is 29.3 Å². The zero-order valence-corrected chi connectivity index (χ0v) is 25.1. The molecular weight excluding hydrogens is 575 g/mol. The second kappa shape index (κ2) is 13.7. The number of carbonyl (C=O) groups is 1. The number of nitrogens with zero attached hydrogens (tertiary/aromatic N) is 2. The molecule has 0 unspecified atom stereocenters. The molecule has 2 aliphatic rings. The summed E-state index contributed by atoms with van der Waals surface area (Å²) in [5.41, 5.74) is 9.64. The van der Waals surface area contributed by atoms with Crippen LogP contribution >= 0.6 is 23.2 Å². The lowest BCUT2D eigenvalue weighted by atomic mass is 9.88. The number of hydrogen-bond acceptors (Lipinski definition) is 8. The minimum absolute atomic E-state index is 0.111. The number of likely N-dealkylation sites (tertiary alicyclic amines) is 1. The number of aromatic nitrogens is 1. The summed E-state index contributed by atoms with van der Waals surface area (Å²) in [7, 11) is 2.15. The smallest absolute Gasteiger partial charge is 0.258 e. The minimum Gasteiger partial charge on any atom is -0.473 e. The fourth-order valence-electron chi connectivity index (χ4n) is 5.32. The summed E-state index contributed by atoms with van der Waals surface area (Å²) in [4.78, 5) is 20.3. The lowest BCUT2D eigenvalue weighted by Crippen LogP contribution is -2.34. The van der Waals surface area contributed by atoms with E-state index in [9.17, 15) is 4.79 Å². The van der Waals surface area contributed by atoms with Gasteiger partial charge in [0.1, 0.15) is 12.3 Å². The molecule has 1 amide bonds. The molecule has 42 heavy (non-hydrogen) atoms. The van der Waals surface area contributed by atoms with E-state index in [1.165, 1.54) is 5.56 Å². The maximum atomic E-state index is 13.5. The predicted octanol–water partition coefficient (Wildman–Crippen LogP) is 5.71. The third-order valence-electron chi connectivity index (χ3n) is 7.82. The first kappa shape index (κ1) is 30.1. The fourth-order valence-corrected chi connectivity index (χ4v) is 5.68. The standard InChI is InChI=1S/C31H36Cl2N6O3/c1-39-12-8-19(9-13-39)20-2-4-24(27(17-20)36-23-10-14-41-15-11-23)31(40)38-30(35)29-26(34)6-7-28(37-29)42-18-21-16-22(32)3-5-25(21)33/h2-7,16-17,19,23,36H,8-15,18,34H2,1H3,(H2,35,38,40). The van der Waals surface area contributed by atoms with Crippen LogP contribution in [-0.4, -0.2) is 61.0 Å². The van der Waals surface area contributed by atoms with Crippen molar-refractivity contribution in [3.05, 3.63) is 81.0 Å². The van der Waals surface area contributed by atoms with Crippen molar-refractivity contribution in [1.29, 1.82) is 5.41 Å². The van der Waals surface area contributed by atoms with Crippen molar-refractivity contribution in [2.75, 3.05) is 44.4 Å². The molecule has 1 aromatic heterocycles. The lowest BCUT2D eigenvalue weighted by Gasteiger charge is -2.30.